The van der Waals surface area contributed by atoms with Crippen LogP contribution in [0, 0.1) is 5.92 Å². The normalized spacial score (nSPS) is 13.7. The summed E-state index contributed by atoms with van der Waals surface area (Å²) in [6, 6.07) is 0. The van der Waals surface area contributed by atoms with Gasteiger partial charge in [-0.2, -0.15) is 4.21 Å². The van der Waals surface area contributed by atoms with Crippen molar-refractivity contribution >= 4 is 11.4 Å². The van der Waals surface area contributed by atoms with Gasteiger partial charge < -0.3 is 0 Å². The Morgan fingerprint density at radius 2 is 1.07 bits per heavy atom. The van der Waals surface area contributed by atoms with Gasteiger partial charge in [0.05, 0.1) is 13.2 Å². The molecular weight excluding hydrogens is 368 g/mol. The minimum atomic E-state index is -1.56. The minimum absolute atomic E-state index is 0.508. The van der Waals surface area contributed by atoms with Gasteiger partial charge in [-0.3, -0.25) is 8.37 Å². The van der Waals surface area contributed by atoms with Crippen LogP contribution in [0.25, 0.3) is 0 Å². The maximum Gasteiger partial charge on any atom is 0.304 e. The molecule has 0 aliphatic rings. The second kappa shape index (κ2) is 23.3. The summed E-state index contributed by atoms with van der Waals surface area (Å²) in [5.74, 6) is 0.508. The molecule has 0 rings (SSSR count). The molecule has 2 unspecified atom stereocenters. The molecule has 0 N–H and O–H groups in total. The number of hydrogen-bond donors (Lipinski definition) is 0. The van der Waals surface area contributed by atoms with Crippen LogP contribution in [0.2, 0.25) is 0 Å². The van der Waals surface area contributed by atoms with Crippen molar-refractivity contribution in [3.63, 3.8) is 0 Å². The Labute approximate surface area is 179 Å². The summed E-state index contributed by atoms with van der Waals surface area (Å²) in [6.45, 7) is 7.76. The Balaban J connectivity index is 3.27. The van der Waals surface area contributed by atoms with Gasteiger partial charge in [0.15, 0.2) is 0 Å². The molecule has 0 radical (unpaired) electrons. The van der Waals surface area contributed by atoms with Crippen LogP contribution in [0.1, 0.15) is 136 Å². The van der Waals surface area contributed by atoms with Crippen LogP contribution < -0.4 is 0 Å². The molecule has 0 aliphatic carbocycles. The average Bonchev–Trinajstić information content (AvgIpc) is 2.71. The molecule has 0 heterocycles. The van der Waals surface area contributed by atoms with Gasteiger partial charge in [-0.1, -0.05) is 124 Å². The van der Waals surface area contributed by atoms with E-state index in [2.05, 4.69) is 20.8 Å². The highest BCUT2D eigenvalue weighted by Crippen LogP contribution is 2.14. The minimum Gasteiger partial charge on any atom is -0.268 e. The maximum atomic E-state index is 11.7. The van der Waals surface area contributed by atoms with Crippen molar-refractivity contribution in [1.82, 2.24) is 0 Å². The van der Waals surface area contributed by atoms with Gasteiger partial charge in [0.2, 0.25) is 0 Å². The highest BCUT2D eigenvalue weighted by molar-refractivity contribution is 7.75. The van der Waals surface area contributed by atoms with Gasteiger partial charge in [-0.25, -0.2) is 0 Å². The Bertz CT molecular complexity index is 323. The van der Waals surface area contributed by atoms with E-state index in [1.54, 1.807) is 0 Å². The average molecular weight is 419 g/mol. The first-order valence-electron chi connectivity index (χ1n) is 12.4. The third kappa shape index (κ3) is 20.8. The van der Waals surface area contributed by atoms with E-state index < -0.39 is 11.4 Å². The van der Waals surface area contributed by atoms with Crippen LogP contribution in [0.4, 0.5) is 0 Å². The first kappa shape index (κ1) is 28.1. The highest BCUT2D eigenvalue weighted by Gasteiger charge is 2.09. The molecule has 0 fully saturated rings. The predicted molar refractivity (Wildman–Crippen MR) is 124 cm³/mol. The highest BCUT2D eigenvalue weighted by atomic mass is 32.2. The van der Waals surface area contributed by atoms with Crippen molar-refractivity contribution in [3.8, 4) is 0 Å². The van der Waals surface area contributed by atoms with Crippen molar-refractivity contribution in [2.24, 2.45) is 5.92 Å². The molecule has 28 heavy (non-hydrogen) atoms. The van der Waals surface area contributed by atoms with Gasteiger partial charge in [0, 0.05) is 0 Å². The zero-order chi connectivity index (χ0) is 20.7. The monoisotopic (exact) mass is 418 g/mol. The largest absolute Gasteiger partial charge is 0.304 e. The first-order valence-corrected chi connectivity index (χ1v) is 13.4. The summed E-state index contributed by atoms with van der Waals surface area (Å²) in [4.78, 5) is 0. The Hall–Kier alpha value is 0.0700. The Morgan fingerprint density at radius 1 is 0.607 bits per heavy atom. The van der Waals surface area contributed by atoms with Crippen molar-refractivity contribution in [3.05, 3.63) is 0 Å². The summed E-state index contributed by atoms with van der Waals surface area (Å²) >= 11 is -1.56. The standard InChI is InChI=1S/C24H50O3S/c1-4-7-9-10-11-12-13-14-15-16-17-18-19-20-22-26-28(25)27-23-24(6-3)21-8-5-2/h24H,4-23H2,1-3H3. The van der Waals surface area contributed by atoms with Crippen LogP contribution in [0.15, 0.2) is 0 Å². The van der Waals surface area contributed by atoms with Gasteiger partial charge in [0.1, 0.15) is 0 Å². The fraction of sp³-hybridized carbons (Fsp3) is 1.00. The summed E-state index contributed by atoms with van der Waals surface area (Å²) in [6.07, 6.45) is 23.5. The summed E-state index contributed by atoms with van der Waals surface area (Å²) in [7, 11) is 0. The molecule has 0 aromatic rings. The Kier molecular flexibility index (Phi) is 23.4. The summed E-state index contributed by atoms with van der Waals surface area (Å²) in [5, 5.41) is 0. The van der Waals surface area contributed by atoms with E-state index in [4.69, 9.17) is 8.37 Å². The van der Waals surface area contributed by atoms with E-state index in [-0.39, 0.29) is 0 Å². The van der Waals surface area contributed by atoms with Crippen LogP contribution >= 0.6 is 0 Å². The van der Waals surface area contributed by atoms with E-state index in [1.807, 2.05) is 0 Å². The topological polar surface area (TPSA) is 35.5 Å². The van der Waals surface area contributed by atoms with Crippen molar-refractivity contribution in [2.45, 2.75) is 136 Å². The fourth-order valence-electron chi connectivity index (χ4n) is 3.51. The summed E-state index contributed by atoms with van der Waals surface area (Å²) in [5.41, 5.74) is 0. The molecule has 0 bridgehead atoms. The first-order chi connectivity index (χ1) is 13.7. The molecule has 0 amide bonds. The zero-order valence-corrected chi connectivity index (χ0v) is 20.2. The van der Waals surface area contributed by atoms with Crippen molar-refractivity contribution < 1.29 is 12.6 Å². The molecule has 0 aliphatic heterocycles. The SMILES string of the molecule is CCCCCCCCCCCCCCCCOS(=O)OCC(CC)CCCC. The van der Waals surface area contributed by atoms with Crippen LogP contribution in [-0.4, -0.2) is 17.4 Å². The van der Waals surface area contributed by atoms with Gasteiger partial charge in [-0.15, -0.1) is 0 Å². The van der Waals surface area contributed by atoms with E-state index in [0.29, 0.717) is 19.1 Å². The second-order valence-corrected chi connectivity index (χ2v) is 9.20. The molecule has 170 valence electrons. The number of unbranched alkanes of at least 4 members (excludes halogenated alkanes) is 14. The number of hydrogen-bond acceptors (Lipinski definition) is 3. The van der Waals surface area contributed by atoms with Crippen LogP contribution in [-0.2, 0) is 19.7 Å². The van der Waals surface area contributed by atoms with Crippen molar-refractivity contribution in [1.29, 1.82) is 0 Å². The molecule has 4 heteroatoms. The van der Waals surface area contributed by atoms with Gasteiger partial charge in [-0.05, 0) is 18.8 Å². The van der Waals surface area contributed by atoms with Crippen LogP contribution in [0.5, 0.6) is 0 Å². The lowest BCUT2D eigenvalue weighted by molar-refractivity contribution is 0.205. The fourth-order valence-corrected chi connectivity index (χ4v) is 4.13. The molecule has 2 atom stereocenters. The lowest BCUT2D eigenvalue weighted by Gasteiger charge is -2.13. The van der Waals surface area contributed by atoms with E-state index in [9.17, 15) is 4.21 Å². The third-order valence-electron chi connectivity index (χ3n) is 5.62. The predicted octanol–water partition coefficient (Wildman–Crippen LogP) is 8.30. The van der Waals surface area contributed by atoms with Gasteiger partial charge >= 0.3 is 11.4 Å². The lowest BCUT2D eigenvalue weighted by atomic mass is 10.0. The molecule has 0 spiro atoms. The van der Waals surface area contributed by atoms with E-state index in [1.165, 1.54) is 96.3 Å². The third-order valence-corrected chi connectivity index (χ3v) is 6.31. The molecule has 0 aromatic carbocycles. The zero-order valence-electron chi connectivity index (χ0n) is 19.4. The second-order valence-electron chi connectivity index (χ2n) is 8.32. The van der Waals surface area contributed by atoms with E-state index >= 15 is 0 Å². The van der Waals surface area contributed by atoms with Crippen molar-refractivity contribution in [2.75, 3.05) is 13.2 Å². The quantitative estimate of drug-likeness (QED) is 0.156. The molecule has 0 saturated heterocycles. The summed E-state index contributed by atoms with van der Waals surface area (Å²) < 4.78 is 22.4. The lowest BCUT2D eigenvalue weighted by Crippen LogP contribution is -2.12. The Morgan fingerprint density at radius 3 is 1.54 bits per heavy atom. The van der Waals surface area contributed by atoms with Gasteiger partial charge in [0.25, 0.3) is 0 Å². The number of rotatable bonds is 23. The van der Waals surface area contributed by atoms with E-state index in [0.717, 1.165) is 19.3 Å². The smallest absolute Gasteiger partial charge is 0.268 e. The molecule has 0 saturated carbocycles. The molecular formula is C24H50O3S. The molecule has 3 nitrogen and oxygen atoms in total. The van der Waals surface area contributed by atoms with Crippen LogP contribution in [0.3, 0.4) is 0 Å². The molecule has 0 aromatic heterocycles. The maximum absolute atomic E-state index is 11.7.